The van der Waals surface area contributed by atoms with Gasteiger partial charge in [0, 0.05) is 0 Å². The fourth-order valence-electron chi connectivity index (χ4n) is 2.37. The molecule has 0 fully saturated rings. The molecule has 0 saturated carbocycles. The Balaban J connectivity index is 3.23. The summed E-state index contributed by atoms with van der Waals surface area (Å²) in [5.41, 5.74) is 4.46. The van der Waals surface area contributed by atoms with Crippen LogP contribution in [0.4, 0.5) is 0 Å². The van der Waals surface area contributed by atoms with Gasteiger partial charge in [-0.2, -0.15) is 0 Å². The highest BCUT2D eigenvalue weighted by Gasteiger charge is 2.16. The van der Waals surface area contributed by atoms with E-state index in [1.165, 1.54) is 24.0 Å². The molecule has 96 valence electrons. The standard InChI is InChI=1S/C15H26OSi/c1-5-11(3)14-9-7-8-13(10-16-17)15(14)12(4)6-2/h7-9,11-12H,5-6,10H2,1-4,17H3. The van der Waals surface area contributed by atoms with Crippen molar-refractivity contribution >= 4 is 10.5 Å². The maximum atomic E-state index is 5.47. The molecule has 1 rings (SSSR count). The van der Waals surface area contributed by atoms with E-state index in [1.54, 1.807) is 5.56 Å². The van der Waals surface area contributed by atoms with Crippen LogP contribution >= 0.6 is 0 Å². The van der Waals surface area contributed by atoms with Crippen LogP contribution in [0.15, 0.2) is 18.2 Å². The number of benzene rings is 1. The highest BCUT2D eigenvalue weighted by Crippen LogP contribution is 2.32. The Bertz CT molecular complexity index is 349. The van der Waals surface area contributed by atoms with Gasteiger partial charge < -0.3 is 4.43 Å². The van der Waals surface area contributed by atoms with E-state index < -0.39 is 0 Å². The summed E-state index contributed by atoms with van der Waals surface area (Å²) in [5.74, 6) is 1.28. The van der Waals surface area contributed by atoms with Crippen molar-refractivity contribution in [3.05, 3.63) is 34.9 Å². The molecular weight excluding hydrogens is 224 g/mol. The number of hydrogen-bond acceptors (Lipinski definition) is 1. The largest absolute Gasteiger partial charge is 0.424 e. The highest BCUT2D eigenvalue weighted by atomic mass is 28.2. The first-order valence-electron chi connectivity index (χ1n) is 6.76. The van der Waals surface area contributed by atoms with E-state index >= 15 is 0 Å². The van der Waals surface area contributed by atoms with E-state index in [0.29, 0.717) is 11.8 Å². The first-order chi connectivity index (χ1) is 8.15. The second-order valence-corrected chi connectivity index (χ2v) is 5.55. The van der Waals surface area contributed by atoms with Gasteiger partial charge in [0.25, 0.3) is 0 Å². The van der Waals surface area contributed by atoms with Gasteiger partial charge in [-0.3, -0.25) is 0 Å². The number of rotatable bonds is 6. The lowest BCUT2D eigenvalue weighted by Crippen LogP contribution is -2.07. The van der Waals surface area contributed by atoms with Gasteiger partial charge in [0.1, 0.15) is 10.5 Å². The zero-order chi connectivity index (χ0) is 12.8. The van der Waals surface area contributed by atoms with Crippen molar-refractivity contribution in [2.45, 2.75) is 59.0 Å². The second-order valence-electron chi connectivity index (χ2n) is 4.97. The smallest absolute Gasteiger partial charge is 0.146 e. The van der Waals surface area contributed by atoms with Crippen LogP contribution in [-0.2, 0) is 11.0 Å². The zero-order valence-corrected chi connectivity index (χ0v) is 13.9. The van der Waals surface area contributed by atoms with Crippen molar-refractivity contribution in [1.82, 2.24) is 0 Å². The van der Waals surface area contributed by atoms with Crippen LogP contribution in [-0.4, -0.2) is 10.5 Å². The van der Waals surface area contributed by atoms with E-state index in [0.717, 1.165) is 17.1 Å². The van der Waals surface area contributed by atoms with Gasteiger partial charge in [0.2, 0.25) is 0 Å². The molecule has 0 radical (unpaired) electrons. The third-order valence-corrected chi connectivity index (χ3v) is 4.07. The molecule has 0 aromatic heterocycles. The molecule has 0 saturated heterocycles. The Kier molecular flexibility index (Phi) is 5.93. The molecule has 1 aromatic rings. The summed E-state index contributed by atoms with van der Waals surface area (Å²) in [5, 5.41) is 0. The monoisotopic (exact) mass is 250 g/mol. The van der Waals surface area contributed by atoms with Crippen LogP contribution in [0.3, 0.4) is 0 Å². The van der Waals surface area contributed by atoms with Crippen molar-refractivity contribution in [3.63, 3.8) is 0 Å². The Morgan fingerprint density at radius 1 is 1.12 bits per heavy atom. The lowest BCUT2D eigenvalue weighted by Gasteiger charge is -2.22. The predicted octanol–water partition coefficient (Wildman–Crippen LogP) is 3.51. The van der Waals surface area contributed by atoms with E-state index in [-0.39, 0.29) is 0 Å². The molecule has 2 unspecified atom stereocenters. The van der Waals surface area contributed by atoms with Crippen molar-refractivity contribution < 1.29 is 4.43 Å². The van der Waals surface area contributed by atoms with E-state index in [9.17, 15) is 0 Å². The third-order valence-electron chi connectivity index (χ3n) is 3.78. The fourth-order valence-corrected chi connectivity index (χ4v) is 2.68. The summed E-state index contributed by atoms with van der Waals surface area (Å²) < 4.78 is 5.47. The molecule has 0 bridgehead atoms. The molecule has 0 heterocycles. The van der Waals surface area contributed by atoms with Gasteiger partial charge in [-0.15, -0.1) is 0 Å². The van der Waals surface area contributed by atoms with Crippen LogP contribution in [0.1, 0.15) is 69.1 Å². The summed E-state index contributed by atoms with van der Waals surface area (Å²) in [6.45, 7) is 9.98. The summed E-state index contributed by atoms with van der Waals surface area (Å²) >= 11 is 0. The van der Waals surface area contributed by atoms with E-state index in [4.69, 9.17) is 4.43 Å². The maximum Gasteiger partial charge on any atom is 0.146 e. The van der Waals surface area contributed by atoms with Crippen LogP contribution < -0.4 is 0 Å². The van der Waals surface area contributed by atoms with Crippen LogP contribution in [0.5, 0.6) is 0 Å². The molecule has 0 N–H and O–H groups in total. The third kappa shape index (κ3) is 3.43. The molecule has 0 spiro atoms. The Morgan fingerprint density at radius 2 is 1.76 bits per heavy atom. The van der Waals surface area contributed by atoms with Crippen LogP contribution in [0.2, 0.25) is 0 Å². The number of hydrogen-bond donors (Lipinski definition) is 0. The molecule has 17 heavy (non-hydrogen) atoms. The van der Waals surface area contributed by atoms with Crippen molar-refractivity contribution in [3.8, 4) is 0 Å². The summed E-state index contributed by atoms with van der Waals surface area (Å²) in [4.78, 5) is 0. The normalized spacial score (nSPS) is 14.8. The van der Waals surface area contributed by atoms with Crippen LogP contribution in [0, 0.1) is 0 Å². The predicted molar refractivity (Wildman–Crippen MR) is 78.6 cm³/mol. The molecule has 1 aromatic carbocycles. The molecule has 0 aliphatic carbocycles. The minimum Gasteiger partial charge on any atom is -0.424 e. The minimum absolute atomic E-state index is 0.631. The zero-order valence-electron chi connectivity index (χ0n) is 11.9. The van der Waals surface area contributed by atoms with Gasteiger partial charge in [-0.1, -0.05) is 45.9 Å². The lowest BCUT2D eigenvalue weighted by molar-refractivity contribution is 0.335. The average Bonchev–Trinajstić information content (AvgIpc) is 2.37. The molecule has 0 aliphatic rings. The quantitative estimate of drug-likeness (QED) is 0.702. The average molecular weight is 250 g/mol. The molecule has 2 heteroatoms. The maximum absolute atomic E-state index is 5.47. The minimum atomic E-state index is 0.631. The van der Waals surface area contributed by atoms with Crippen LogP contribution in [0.25, 0.3) is 0 Å². The summed E-state index contributed by atoms with van der Waals surface area (Å²) in [6.07, 6.45) is 2.40. The Labute approximate surface area is 109 Å². The topological polar surface area (TPSA) is 9.23 Å². The second kappa shape index (κ2) is 6.97. The van der Waals surface area contributed by atoms with E-state index in [1.807, 2.05) is 0 Å². The molecule has 0 amide bonds. The molecule has 2 atom stereocenters. The lowest BCUT2D eigenvalue weighted by atomic mass is 9.84. The highest BCUT2D eigenvalue weighted by molar-refractivity contribution is 5.97. The Morgan fingerprint density at radius 3 is 2.29 bits per heavy atom. The molecule has 0 aliphatic heterocycles. The first-order valence-corrected chi connectivity index (χ1v) is 7.57. The SMILES string of the molecule is CCC(C)c1cccc(CO[SiH3])c1C(C)CC. The summed E-state index contributed by atoms with van der Waals surface area (Å²) in [6, 6.07) is 6.71. The van der Waals surface area contributed by atoms with Gasteiger partial charge in [-0.25, -0.2) is 0 Å². The first kappa shape index (κ1) is 14.5. The van der Waals surface area contributed by atoms with Crippen molar-refractivity contribution in [2.75, 3.05) is 0 Å². The molecular formula is C15H26OSi. The van der Waals surface area contributed by atoms with Crippen molar-refractivity contribution in [2.24, 2.45) is 0 Å². The van der Waals surface area contributed by atoms with Gasteiger partial charge in [0.15, 0.2) is 0 Å². The fraction of sp³-hybridized carbons (Fsp3) is 0.600. The summed E-state index contributed by atoms with van der Waals surface area (Å²) in [7, 11) is 0.814. The van der Waals surface area contributed by atoms with Crippen molar-refractivity contribution in [1.29, 1.82) is 0 Å². The molecule has 1 nitrogen and oxygen atoms in total. The van der Waals surface area contributed by atoms with E-state index in [2.05, 4.69) is 45.9 Å². The van der Waals surface area contributed by atoms with Gasteiger partial charge >= 0.3 is 0 Å². The Hall–Kier alpha value is -0.603. The van der Waals surface area contributed by atoms with Gasteiger partial charge in [-0.05, 0) is 41.4 Å². The van der Waals surface area contributed by atoms with Gasteiger partial charge in [0.05, 0.1) is 6.61 Å².